The summed E-state index contributed by atoms with van der Waals surface area (Å²) in [5.74, 6) is 1.19. The molecule has 3 rings (SSSR count). The predicted molar refractivity (Wildman–Crippen MR) is 115 cm³/mol. The number of rotatable bonds is 3. The molecule has 2 aromatic rings. The van der Waals surface area contributed by atoms with Crippen LogP contribution in [0.1, 0.15) is 49.1 Å². The Labute approximate surface area is 181 Å². The lowest BCUT2D eigenvalue weighted by atomic mass is 9.73. The Bertz CT molecular complexity index is 681. The molecular formula is C19H18Br4O2. The average Bonchev–Trinajstić information content (AvgIpc) is 2.58. The van der Waals surface area contributed by atoms with Crippen molar-refractivity contribution in [3.63, 3.8) is 0 Å². The molecule has 0 unspecified atom stereocenters. The summed E-state index contributed by atoms with van der Waals surface area (Å²) >= 11 is 13.9. The summed E-state index contributed by atoms with van der Waals surface area (Å²) in [5.41, 5.74) is 2.32. The zero-order valence-corrected chi connectivity index (χ0v) is 19.7. The molecule has 2 aromatic carbocycles. The molecule has 6 heteroatoms. The van der Waals surface area contributed by atoms with Gasteiger partial charge in [-0.3, -0.25) is 0 Å². The highest BCUT2D eigenvalue weighted by Crippen LogP contribution is 2.46. The van der Waals surface area contributed by atoms with Crippen molar-refractivity contribution >= 4 is 63.7 Å². The van der Waals surface area contributed by atoms with Gasteiger partial charge in [-0.2, -0.15) is 0 Å². The zero-order chi connectivity index (χ0) is 18.1. The van der Waals surface area contributed by atoms with Gasteiger partial charge in [-0.15, -0.1) is 0 Å². The average molecular weight is 598 g/mol. The second-order valence-corrected chi connectivity index (χ2v) is 9.96. The normalized spacial score (nSPS) is 15.7. The van der Waals surface area contributed by atoms with Gasteiger partial charge in [0.1, 0.15) is 11.5 Å². The molecule has 0 amide bonds. The fraction of sp³-hybridized carbons (Fsp3) is 0.368. The monoisotopic (exact) mass is 594 g/mol. The van der Waals surface area contributed by atoms with Crippen molar-refractivity contribution in [3.8, 4) is 11.5 Å². The summed E-state index contributed by atoms with van der Waals surface area (Å²) in [4.78, 5) is 0. The van der Waals surface area contributed by atoms with E-state index in [1.807, 2.05) is 24.3 Å². The fourth-order valence-electron chi connectivity index (χ4n) is 3.73. The lowest BCUT2D eigenvalue weighted by Crippen LogP contribution is -2.18. The van der Waals surface area contributed by atoms with Gasteiger partial charge < -0.3 is 10.2 Å². The molecule has 0 aromatic heterocycles. The highest BCUT2D eigenvalue weighted by Gasteiger charge is 2.28. The van der Waals surface area contributed by atoms with Gasteiger partial charge >= 0.3 is 0 Å². The minimum absolute atomic E-state index is 0.210. The molecule has 2 nitrogen and oxygen atoms in total. The molecule has 0 bridgehead atoms. The zero-order valence-electron chi connectivity index (χ0n) is 13.4. The quantitative estimate of drug-likeness (QED) is 0.378. The highest BCUT2D eigenvalue weighted by molar-refractivity contribution is 9.11. The van der Waals surface area contributed by atoms with E-state index in [9.17, 15) is 10.2 Å². The van der Waals surface area contributed by atoms with Crippen LogP contribution in [0.5, 0.6) is 11.5 Å². The largest absolute Gasteiger partial charge is 0.506 e. The van der Waals surface area contributed by atoms with Crippen molar-refractivity contribution in [2.75, 3.05) is 0 Å². The first-order chi connectivity index (χ1) is 11.9. The Balaban J connectivity index is 2.13. The van der Waals surface area contributed by atoms with Gasteiger partial charge in [0.05, 0.1) is 17.9 Å². The summed E-state index contributed by atoms with van der Waals surface area (Å²) in [6.07, 6.45) is 6.19. The summed E-state index contributed by atoms with van der Waals surface area (Å²) in [5, 5.41) is 20.2. The molecular weight excluding hydrogens is 580 g/mol. The number of hydrogen-bond acceptors (Lipinski definition) is 2. The van der Waals surface area contributed by atoms with Crippen LogP contribution in [-0.4, -0.2) is 10.2 Å². The van der Waals surface area contributed by atoms with E-state index < -0.39 is 0 Å². The lowest BCUT2D eigenvalue weighted by Gasteiger charge is -2.32. The minimum atomic E-state index is 0.210. The van der Waals surface area contributed by atoms with Crippen LogP contribution in [0.2, 0.25) is 0 Å². The second kappa shape index (κ2) is 8.32. The van der Waals surface area contributed by atoms with Gasteiger partial charge in [-0.05, 0) is 118 Å². The van der Waals surface area contributed by atoms with Crippen LogP contribution in [0.15, 0.2) is 42.2 Å². The number of halogens is 4. The topological polar surface area (TPSA) is 40.5 Å². The van der Waals surface area contributed by atoms with E-state index in [1.165, 1.54) is 32.1 Å². The molecule has 0 heterocycles. The number of benzene rings is 2. The third-order valence-corrected chi connectivity index (χ3v) is 7.34. The maximum absolute atomic E-state index is 10.1. The van der Waals surface area contributed by atoms with Crippen molar-refractivity contribution in [2.24, 2.45) is 5.92 Å². The second-order valence-electron chi connectivity index (χ2n) is 6.54. The summed E-state index contributed by atoms with van der Waals surface area (Å²) in [7, 11) is 0. The Morgan fingerprint density at radius 2 is 1.04 bits per heavy atom. The standard InChI is InChI=1S/C19H18Br4O2/c20-13-6-11(7-14(21)18(13)24)17(10-4-2-1-3-5-10)12-8-15(22)19(25)16(23)9-12/h6-10,17,24-25H,1-5H2. The molecule has 0 atom stereocenters. The van der Waals surface area contributed by atoms with E-state index in [0.717, 1.165) is 11.1 Å². The molecule has 1 aliphatic carbocycles. The summed E-state index contributed by atoms with van der Waals surface area (Å²) in [6.45, 7) is 0. The molecule has 1 fully saturated rings. The number of hydrogen-bond donors (Lipinski definition) is 2. The molecule has 0 radical (unpaired) electrons. The maximum Gasteiger partial charge on any atom is 0.143 e. The van der Waals surface area contributed by atoms with E-state index in [4.69, 9.17) is 0 Å². The molecule has 134 valence electrons. The highest BCUT2D eigenvalue weighted by atomic mass is 79.9. The fourth-order valence-corrected chi connectivity index (χ4v) is 6.18. The van der Waals surface area contributed by atoms with E-state index in [-0.39, 0.29) is 17.4 Å². The molecule has 25 heavy (non-hydrogen) atoms. The molecule has 0 spiro atoms. The minimum Gasteiger partial charge on any atom is -0.506 e. The molecule has 1 aliphatic rings. The molecule has 2 N–H and O–H groups in total. The van der Waals surface area contributed by atoms with Crippen molar-refractivity contribution < 1.29 is 10.2 Å². The number of phenols is 2. The third-order valence-electron chi connectivity index (χ3n) is 4.92. The lowest BCUT2D eigenvalue weighted by molar-refractivity contribution is 0.327. The van der Waals surface area contributed by atoms with Crippen LogP contribution in [0.3, 0.4) is 0 Å². The van der Waals surface area contributed by atoms with Gasteiger partial charge in [-0.25, -0.2) is 0 Å². The smallest absolute Gasteiger partial charge is 0.143 e. The van der Waals surface area contributed by atoms with E-state index in [0.29, 0.717) is 23.8 Å². The Hall–Kier alpha value is -0.0400. The van der Waals surface area contributed by atoms with Crippen LogP contribution >= 0.6 is 63.7 Å². The van der Waals surface area contributed by atoms with Gasteiger partial charge in [0.2, 0.25) is 0 Å². The third kappa shape index (κ3) is 4.28. The SMILES string of the molecule is Oc1c(Br)cc(C(c2cc(Br)c(O)c(Br)c2)C2CCCCC2)cc1Br. The maximum atomic E-state index is 10.1. The van der Waals surface area contributed by atoms with Gasteiger partial charge in [0, 0.05) is 5.92 Å². The van der Waals surface area contributed by atoms with Gasteiger partial charge in [0.15, 0.2) is 0 Å². The Morgan fingerprint density at radius 1 is 0.680 bits per heavy atom. The van der Waals surface area contributed by atoms with Crippen molar-refractivity contribution in [2.45, 2.75) is 38.0 Å². The number of aromatic hydroxyl groups is 2. The van der Waals surface area contributed by atoms with Crippen molar-refractivity contribution in [1.82, 2.24) is 0 Å². The molecule has 1 saturated carbocycles. The van der Waals surface area contributed by atoms with Crippen LogP contribution < -0.4 is 0 Å². The van der Waals surface area contributed by atoms with Crippen molar-refractivity contribution in [1.29, 1.82) is 0 Å². The van der Waals surface area contributed by atoms with Gasteiger partial charge in [-0.1, -0.05) is 19.3 Å². The first kappa shape index (κ1) is 19.7. The van der Waals surface area contributed by atoms with E-state index in [1.54, 1.807) is 0 Å². The predicted octanol–water partition coefficient (Wildman–Crippen LogP) is 7.86. The van der Waals surface area contributed by atoms with E-state index in [2.05, 4.69) is 63.7 Å². The van der Waals surface area contributed by atoms with Crippen LogP contribution in [-0.2, 0) is 0 Å². The van der Waals surface area contributed by atoms with Crippen LogP contribution in [0.4, 0.5) is 0 Å². The number of phenolic OH excluding ortho intramolecular Hbond substituents is 2. The first-order valence-corrected chi connectivity index (χ1v) is 11.4. The Kier molecular flexibility index (Phi) is 6.56. The molecule has 0 saturated heterocycles. The summed E-state index contributed by atoms with van der Waals surface area (Å²) < 4.78 is 2.76. The van der Waals surface area contributed by atoms with E-state index >= 15 is 0 Å². The summed E-state index contributed by atoms with van der Waals surface area (Å²) in [6, 6.07) is 8.03. The Morgan fingerprint density at radius 3 is 1.40 bits per heavy atom. The van der Waals surface area contributed by atoms with Crippen molar-refractivity contribution in [3.05, 3.63) is 53.3 Å². The first-order valence-electron chi connectivity index (χ1n) is 8.24. The van der Waals surface area contributed by atoms with Gasteiger partial charge in [0.25, 0.3) is 0 Å². The molecule has 0 aliphatic heterocycles. The van der Waals surface area contributed by atoms with Crippen LogP contribution in [0.25, 0.3) is 0 Å². The van der Waals surface area contributed by atoms with Crippen LogP contribution in [0, 0.1) is 5.92 Å².